The van der Waals surface area contributed by atoms with E-state index in [0.29, 0.717) is 0 Å². The summed E-state index contributed by atoms with van der Waals surface area (Å²) in [5.74, 6) is -0.977. The number of rotatable bonds is 3. The number of benzene rings is 1. The summed E-state index contributed by atoms with van der Waals surface area (Å²) in [4.78, 5) is 21.5. The fourth-order valence-corrected chi connectivity index (χ4v) is 2.24. The molecule has 0 amide bonds. The maximum atomic E-state index is 10.7. The molecule has 0 unspecified atom stereocenters. The zero-order valence-electron chi connectivity index (χ0n) is 8.49. The molecular weight excluding hydrogens is 242 g/mol. The van der Waals surface area contributed by atoms with Gasteiger partial charge in [-0.25, -0.2) is 4.79 Å². The van der Waals surface area contributed by atoms with Gasteiger partial charge in [0.05, 0.1) is 10.5 Å². The Bertz CT molecular complexity index is 573. The zero-order valence-corrected chi connectivity index (χ0v) is 9.31. The summed E-state index contributed by atoms with van der Waals surface area (Å²) in [6.07, 6.45) is 0. The van der Waals surface area contributed by atoms with E-state index in [0.717, 1.165) is 10.4 Å². The highest BCUT2D eigenvalue weighted by atomic mass is 32.1. The van der Waals surface area contributed by atoms with Gasteiger partial charge in [-0.1, -0.05) is 0 Å². The van der Waals surface area contributed by atoms with E-state index in [-0.39, 0.29) is 11.3 Å². The normalized spacial score (nSPS) is 10.1. The van der Waals surface area contributed by atoms with E-state index in [1.807, 2.05) is 0 Å². The molecule has 86 valence electrons. The summed E-state index contributed by atoms with van der Waals surface area (Å²) < 4.78 is 0. The Labute approximate surface area is 100 Å². The highest BCUT2D eigenvalue weighted by Gasteiger charge is 2.09. The van der Waals surface area contributed by atoms with Crippen molar-refractivity contribution < 1.29 is 14.8 Å². The molecule has 0 saturated heterocycles. The summed E-state index contributed by atoms with van der Waals surface area (Å²) in [5.41, 5.74) is 1.01. The van der Waals surface area contributed by atoms with Crippen molar-refractivity contribution in [2.24, 2.45) is 0 Å². The van der Waals surface area contributed by atoms with E-state index < -0.39 is 10.9 Å². The first-order chi connectivity index (χ1) is 8.08. The quantitative estimate of drug-likeness (QED) is 0.669. The van der Waals surface area contributed by atoms with Crippen molar-refractivity contribution in [1.29, 1.82) is 0 Å². The van der Waals surface area contributed by atoms with Crippen LogP contribution < -0.4 is 0 Å². The topological polar surface area (TPSA) is 80.4 Å². The third kappa shape index (κ3) is 2.31. The minimum atomic E-state index is -0.977. The Morgan fingerprint density at radius 1 is 1.29 bits per heavy atom. The predicted octanol–water partition coefficient (Wildman–Crippen LogP) is 3.02. The van der Waals surface area contributed by atoms with Crippen molar-refractivity contribution in [3.05, 3.63) is 51.4 Å². The molecule has 5 nitrogen and oxygen atoms in total. The van der Waals surface area contributed by atoms with Crippen LogP contribution in [-0.2, 0) is 0 Å². The average Bonchev–Trinajstić information content (AvgIpc) is 2.78. The highest BCUT2D eigenvalue weighted by molar-refractivity contribution is 7.13. The smallest absolute Gasteiger partial charge is 0.336 e. The van der Waals surface area contributed by atoms with E-state index in [1.165, 1.54) is 23.5 Å². The summed E-state index contributed by atoms with van der Waals surface area (Å²) >= 11 is 1.29. The van der Waals surface area contributed by atoms with Gasteiger partial charge < -0.3 is 5.11 Å². The van der Waals surface area contributed by atoms with E-state index in [1.54, 1.807) is 23.6 Å². The van der Waals surface area contributed by atoms with Crippen LogP contribution in [0.25, 0.3) is 10.4 Å². The van der Waals surface area contributed by atoms with E-state index in [9.17, 15) is 14.9 Å². The van der Waals surface area contributed by atoms with Gasteiger partial charge in [0.1, 0.15) is 0 Å². The van der Waals surface area contributed by atoms with Gasteiger partial charge in [0, 0.05) is 22.4 Å². The molecule has 6 heteroatoms. The minimum Gasteiger partial charge on any atom is -0.478 e. The maximum absolute atomic E-state index is 10.7. The van der Waals surface area contributed by atoms with Crippen molar-refractivity contribution >= 4 is 23.0 Å². The summed E-state index contributed by atoms with van der Waals surface area (Å²) in [6.45, 7) is 0. The monoisotopic (exact) mass is 249 g/mol. The van der Waals surface area contributed by atoms with Gasteiger partial charge in [0.25, 0.3) is 5.69 Å². The number of non-ortho nitro benzene ring substituents is 1. The molecule has 1 aromatic heterocycles. The molecular formula is C11H7NO4S. The van der Waals surface area contributed by atoms with Crippen molar-refractivity contribution in [1.82, 2.24) is 0 Å². The number of carbonyl (C=O) groups is 1. The molecule has 2 rings (SSSR count). The maximum Gasteiger partial charge on any atom is 0.336 e. The Morgan fingerprint density at radius 2 is 1.94 bits per heavy atom. The SMILES string of the molecule is O=C(O)c1csc(-c2ccc([N+](=O)[O-])cc2)c1. The fraction of sp³-hybridized carbons (Fsp3) is 0. The standard InChI is InChI=1S/C11H7NO4S/c13-11(14)8-5-10(17-6-8)7-1-3-9(4-2-7)12(15)16/h1-6H,(H,13,14). The van der Waals surface area contributed by atoms with Gasteiger partial charge in [-0.15, -0.1) is 11.3 Å². The average molecular weight is 249 g/mol. The minimum absolute atomic E-state index is 0.0174. The van der Waals surface area contributed by atoms with Gasteiger partial charge in [-0.3, -0.25) is 10.1 Å². The lowest BCUT2D eigenvalue weighted by Gasteiger charge is -1.96. The number of hydrogen-bond acceptors (Lipinski definition) is 4. The second kappa shape index (κ2) is 4.34. The fourth-order valence-electron chi connectivity index (χ4n) is 1.35. The zero-order chi connectivity index (χ0) is 12.4. The van der Waals surface area contributed by atoms with E-state index in [4.69, 9.17) is 5.11 Å². The van der Waals surface area contributed by atoms with Crippen LogP contribution in [0.15, 0.2) is 35.7 Å². The van der Waals surface area contributed by atoms with Gasteiger partial charge in [0.15, 0.2) is 0 Å². The van der Waals surface area contributed by atoms with Crippen LogP contribution in [0.1, 0.15) is 10.4 Å². The molecule has 2 aromatic rings. The molecule has 0 atom stereocenters. The predicted molar refractivity (Wildman–Crippen MR) is 63.4 cm³/mol. The van der Waals surface area contributed by atoms with Crippen LogP contribution in [0.4, 0.5) is 5.69 Å². The van der Waals surface area contributed by atoms with Gasteiger partial charge in [-0.2, -0.15) is 0 Å². The number of carboxylic acid groups (broad SMARTS) is 1. The molecule has 1 heterocycles. The van der Waals surface area contributed by atoms with Crippen LogP contribution in [0.5, 0.6) is 0 Å². The van der Waals surface area contributed by atoms with Crippen LogP contribution in [0, 0.1) is 10.1 Å². The van der Waals surface area contributed by atoms with Crippen LogP contribution in [-0.4, -0.2) is 16.0 Å². The van der Waals surface area contributed by atoms with Crippen LogP contribution in [0.3, 0.4) is 0 Å². The Hall–Kier alpha value is -2.21. The molecule has 0 saturated carbocycles. The molecule has 0 bridgehead atoms. The molecule has 0 spiro atoms. The molecule has 0 fully saturated rings. The molecule has 0 aliphatic heterocycles. The lowest BCUT2D eigenvalue weighted by atomic mass is 10.1. The summed E-state index contributed by atoms with van der Waals surface area (Å²) in [5, 5.41) is 20.8. The molecule has 0 aliphatic rings. The van der Waals surface area contributed by atoms with Gasteiger partial charge in [0.2, 0.25) is 0 Å². The number of hydrogen-bond donors (Lipinski definition) is 1. The van der Waals surface area contributed by atoms with Crippen molar-refractivity contribution in [2.45, 2.75) is 0 Å². The van der Waals surface area contributed by atoms with Crippen molar-refractivity contribution in [3.8, 4) is 10.4 Å². The van der Waals surface area contributed by atoms with Crippen molar-refractivity contribution in [3.63, 3.8) is 0 Å². The second-order valence-electron chi connectivity index (χ2n) is 3.31. The Morgan fingerprint density at radius 3 is 2.41 bits per heavy atom. The number of nitrogens with zero attached hydrogens (tertiary/aromatic N) is 1. The lowest BCUT2D eigenvalue weighted by molar-refractivity contribution is -0.384. The molecule has 1 aromatic carbocycles. The first-order valence-electron chi connectivity index (χ1n) is 4.64. The molecule has 0 aliphatic carbocycles. The largest absolute Gasteiger partial charge is 0.478 e. The van der Waals surface area contributed by atoms with Gasteiger partial charge in [-0.05, 0) is 23.8 Å². The van der Waals surface area contributed by atoms with Crippen LogP contribution >= 0.6 is 11.3 Å². The highest BCUT2D eigenvalue weighted by Crippen LogP contribution is 2.28. The summed E-state index contributed by atoms with van der Waals surface area (Å²) in [6, 6.07) is 7.56. The van der Waals surface area contributed by atoms with Crippen LogP contribution in [0.2, 0.25) is 0 Å². The third-order valence-electron chi connectivity index (χ3n) is 2.21. The number of thiophene rings is 1. The first-order valence-corrected chi connectivity index (χ1v) is 5.52. The third-order valence-corrected chi connectivity index (χ3v) is 3.19. The Balaban J connectivity index is 2.33. The van der Waals surface area contributed by atoms with Gasteiger partial charge >= 0.3 is 5.97 Å². The number of nitro groups is 1. The number of nitro benzene ring substituents is 1. The first kappa shape index (κ1) is 11.3. The number of carboxylic acids is 1. The lowest BCUT2D eigenvalue weighted by Crippen LogP contribution is -1.91. The molecule has 1 N–H and O–H groups in total. The van der Waals surface area contributed by atoms with Crippen molar-refractivity contribution in [2.75, 3.05) is 0 Å². The second-order valence-corrected chi connectivity index (χ2v) is 4.22. The summed E-state index contributed by atoms with van der Waals surface area (Å²) in [7, 11) is 0. The van der Waals surface area contributed by atoms with E-state index in [2.05, 4.69) is 0 Å². The molecule has 17 heavy (non-hydrogen) atoms. The Kier molecular flexibility index (Phi) is 2.88. The number of aromatic carboxylic acids is 1. The van der Waals surface area contributed by atoms with E-state index >= 15 is 0 Å². The molecule has 0 radical (unpaired) electrons.